The van der Waals surface area contributed by atoms with Crippen molar-refractivity contribution in [1.29, 1.82) is 0 Å². The Kier molecular flexibility index (Phi) is 4.41. The van der Waals surface area contributed by atoms with E-state index in [2.05, 4.69) is 0 Å². The molecule has 1 aromatic rings. The van der Waals surface area contributed by atoms with Crippen molar-refractivity contribution >= 4 is 11.9 Å². The van der Waals surface area contributed by atoms with E-state index >= 15 is 0 Å². The highest BCUT2D eigenvalue weighted by Gasteiger charge is 2.38. The predicted molar refractivity (Wildman–Crippen MR) is 82.7 cm³/mol. The van der Waals surface area contributed by atoms with Gasteiger partial charge in [-0.15, -0.1) is 0 Å². The van der Waals surface area contributed by atoms with E-state index in [1.54, 1.807) is 0 Å². The molecule has 124 valence electrons. The summed E-state index contributed by atoms with van der Waals surface area (Å²) in [5, 5.41) is 9.24. The van der Waals surface area contributed by atoms with Crippen LogP contribution in [0.4, 0.5) is 0 Å². The minimum atomic E-state index is -0.924. The molecule has 2 aliphatic heterocycles. The van der Waals surface area contributed by atoms with Crippen LogP contribution in [0.3, 0.4) is 0 Å². The first-order chi connectivity index (χ1) is 11.1. The second-order valence-corrected chi connectivity index (χ2v) is 5.92. The average molecular weight is 319 g/mol. The lowest BCUT2D eigenvalue weighted by molar-refractivity contribution is -0.150. The number of fused-ring (bicyclic) bond motifs is 1. The van der Waals surface area contributed by atoms with Crippen molar-refractivity contribution in [3.05, 3.63) is 23.8 Å². The monoisotopic (exact) mass is 319 g/mol. The highest BCUT2D eigenvalue weighted by atomic mass is 16.5. The van der Waals surface area contributed by atoms with Crippen molar-refractivity contribution in [3.63, 3.8) is 0 Å². The minimum absolute atomic E-state index is 0.123. The smallest absolute Gasteiger partial charge is 0.326 e. The molecule has 1 amide bonds. The molecule has 6 heteroatoms. The maximum absolute atomic E-state index is 12.7. The third-order valence-electron chi connectivity index (χ3n) is 4.43. The Bertz CT molecular complexity index is 615. The zero-order valence-corrected chi connectivity index (χ0v) is 13.2. The summed E-state index contributed by atoms with van der Waals surface area (Å²) in [7, 11) is 0. The van der Waals surface area contributed by atoms with Crippen molar-refractivity contribution in [2.75, 3.05) is 19.8 Å². The van der Waals surface area contributed by atoms with Gasteiger partial charge in [-0.05, 0) is 37.8 Å². The van der Waals surface area contributed by atoms with E-state index in [-0.39, 0.29) is 18.4 Å². The number of rotatable bonds is 4. The van der Waals surface area contributed by atoms with Gasteiger partial charge in [0.1, 0.15) is 12.6 Å². The maximum Gasteiger partial charge on any atom is 0.326 e. The number of carbonyl (C=O) groups excluding carboxylic acids is 1. The summed E-state index contributed by atoms with van der Waals surface area (Å²) in [6.45, 7) is 3.24. The molecule has 1 fully saturated rings. The van der Waals surface area contributed by atoms with Crippen molar-refractivity contribution in [2.24, 2.45) is 5.92 Å². The Labute approximate surface area is 135 Å². The van der Waals surface area contributed by atoms with Crippen molar-refractivity contribution in [1.82, 2.24) is 4.90 Å². The Morgan fingerprint density at radius 3 is 3.00 bits per heavy atom. The summed E-state index contributed by atoms with van der Waals surface area (Å²) in [4.78, 5) is 25.5. The zero-order valence-electron chi connectivity index (χ0n) is 13.2. The van der Waals surface area contributed by atoms with Crippen molar-refractivity contribution in [2.45, 2.75) is 32.2 Å². The van der Waals surface area contributed by atoms with Crippen LogP contribution in [0.25, 0.3) is 0 Å². The fourth-order valence-corrected chi connectivity index (χ4v) is 3.34. The summed E-state index contributed by atoms with van der Waals surface area (Å²) >= 11 is 0. The van der Waals surface area contributed by atoms with E-state index in [0.29, 0.717) is 37.5 Å². The molecule has 2 atom stereocenters. The van der Waals surface area contributed by atoms with Crippen molar-refractivity contribution < 1.29 is 24.2 Å². The highest BCUT2D eigenvalue weighted by Crippen LogP contribution is 2.37. The van der Waals surface area contributed by atoms with Gasteiger partial charge in [0.05, 0.1) is 12.5 Å². The number of ether oxygens (including phenoxy) is 2. The molecule has 0 saturated carbocycles. The molecule has 2 heterocycles. The van der Waals surface area contributed by atoms with Gasteiger partial charge in [-0.25, -0.2) is 4.79 Å². The lowest BCUT2D eigenvalue weighted by Gasteiger charge is -2.30. The molecule has 3 rings (SSSR count). The minimum Gasteiger partial charge on any atom is -0.490 e. The number of aliphatic carboxylic acids is 1. The maximum atomic E-state index is 12.7. The van der Waals surface area contributed by atoms with Crippen LogP contribution >= 0.6 is 0 Å². The summed E-state index contributed by atoms with van der Waals surface area (Å²) in [6.07, 6.45) is 1.82. The number of benzene rings is 1. The van der Waals surface area contributed by atoms with Gasteiger partial charge in [-0.2, -0.15) is 0 Å². The van der Waals surface area contributed by atoms with Crippen LogP contribution in [0.1, 0.15) is 25.3 Å². The number of hydrogen-bond acceptors (Lipinski definition) is 4. The number of carboxylic acid groups (broad SMARTS) is 1. The average Bonchev–Trinajstić information content (AvgIpc) is 3.04. The number of likely N-dealkylation sites (tertiary alicyclic amines) is 1. The van der Waals surface area contributed by atoms with E-state index in [1.165, 1.54) is 4.90 Å². The first kappa shape index (κ1) is 15.6. The van der Waals surface area contributed by atoms with E-state index in [9.17, 15) is 14.7 Å². The summed E-state index contributed by atoms with van der Waals surface area (Å²) in [5.74, 6) is 0.0170. The van der Waals surface area contributed by atoms with E-state index in [0.717, 1.165) is 12.0 Å². The quantitative estimate of drug-likeness (QED) is 0.914. The number of carbonyl (C=O) groups is 2. The van der Waals surface area contributed by atoms with Crippen LogP contribution in [0, 0.1) is 5.92 Å². The lowest BCUT2D eigenvalue weighted by atomic mass is 9.95. The van der Waals surface area contributed by atoms with E-state index < -0.39 is 12.0 Å². The van der Waals surface area contributed by atoms with Crippen LogP contribution in [0.5, 0.6) is 11.5 Å². The van der Waals surface area contributed by atoms with Crippen LogP contribution in [0.15, 0.2) is 18.2 Å². The molecule has 23 heavy (non-hydrogen) atoms. The number of carboxylic acids is 1. The SMILES string of the molecule is CCOc1cccc2c1OCC(C(=O)N1CCCC1C(=O)O)C2. The van der Waals surface area contributed by atoms with Crippen LogP contribution in [0.2, 0.25) is 0 Å². The molecular weight excluding hydrogens is 298 g/mol. The molecule has 0 aliphatic carbocycles. The predicted octanol–water partition coefficient (Wildman–Crippen LogP) is 1.71. The second kappa shape index (κ2) is 6.48. The lowest BCUT2D eigenvalue weighted by Crippen LogP contribution is -2.46. The molecule has 1 saturated heterocycles. The molecule has 6 nitrogen and oxygen atoms in total. The summed E-state index contributed by atoms with van der Waals surface area (Å²) in [5.41, 5.74) is 0.937. The number of amides is 1. The van der Waals surface area contributed by atoms with Gasteiger partial charge in [0.25, 0.3) is 0 Å². The molecule has 0 radical (unpaired) electrons. The van der Waals surface area contributed by atoms with E-state index in [4.69, 9.17) is 9.47 Å². The van der Waals surface area contributed by atoms with Gasteiger partial charge in [0, 0.05) is 6.54 Å². The van der Waals surface area contributed by atoms with Gasteiger partial charge in [0.2, 0.25) is 5.91 Å². The van der Waals surface area contributed by atoms with E-state index in [1.807, 2.05) is 25.1 Å². The second-order valence-electron chi connectivity index (χ2n) is 5.92. The third kappa shape index (κ3) is 2.98. The van der Waals surface area contributed by atoms with Gasteiger partial charge in [0.15, 0.2) is 11.5 Å². The third-order valence-corrected chi connectivity index (χ3v) is 4.43. The molecule has 2 unspecified atom stereocenters. The van der Waals surface area contributed by atoms with Gasteiger partial charge < -0.3 is 19.5 Å². The molecule has 1 aromatic carbocycles. The van der Waals surface area contributed by atoms with Crippen LogP contribution in [-0.2, 0) is 16.0 Å². The standard InChI is InChI=1S/C17H21NO5/c1-2-22-14-7-3-5-11-9-12(10-23-15(11)14)16(19)18-8-4-6-13(18)17(20)21/h3,5,7,12-13H,2,4,6,8-10H2,1H3,(H,20,21). The topological polar surface area (TPSA) is 76.1 Å². The van der Waals surface area contributed by atoms with Crippen molar-refractivity contribution in [3.8, 4) is 11.5 Å². The largest absolute Gasteiger partial charge is 0.490 e. The van der Waals surface area contributed by atoms with Crippen LogP contribution in [-0.4, -0.2) is 47.7 Å². The molecule has 0 aromatic heterocycles. The Morgan fingerprint density at radius 2 is 2.26 bits per heavy atom. The normalized spacial score (nSPS) is 23.1. The Hall–Kier alpha value is -2.24. The fraction of sp³-hybridized carbons (Fsp3) is 0.529. The van der Waals surface area contributed by atoms with Crippen LogP contribution < -0.4 is 9.47 Å². The Balaban J connectivity index is 1.75. The number of para-hydroxylation sites is 1. The fourth-order valence-electron chi connectivity index (χ4n) is 3.34. The zero-order chi connectivity index (χ0) is 16.4. The first-order valence-corrected chi connectivity index (χ1v) is 8.02. The highest BCUT2D eigenvalue weighted by molar-refractivity contribution is 5.86. The molecule has 0 spiro atoms. The summed E-state index contributed by atoms with van der Waals surface area (Å²) < 4.78 is 11.3. The Morgan fingerprint density at radius 1 is 1.43 bits per heavy atom. The first-order valence-electron chi connectivity index (χ1n) is 8.02. The van der Waals surface area contributed by atoms with Gasteiger partial charge in [-0.1, -0.05) is 12.1 Å². The molecular formula is C17H21NO5. The van der Waals surface area contributed by atoms with Gasteiger partial charge in [-0.3, -0.25) is 4.79 Å². The van der Waals surface area contributed by atoms with Gasteiger partial charge >= 0.3 is 5.97 Å². The number of hydrogen-bond donors (Lipinski definition) is 1. The molecule has 2 aliphatic rings. The molecule has 0 bridgehead atoms. The molecule has 1 N–H and O–H groups in total. The number of nitrogens with zero attached hydrogens (tertiary/aromatic N) is 1. The summed E-state index contributed by atoms with van der Waals surface area (Å²) in [6, 6.07) is 4.97.